The number of benzene rings is 2. The van der Waals surface area contributed by atoms with Crippen LogP contribution >= 0.6 is 0 Å². The molecular formula is C15H15NO4. The van der Waals surface area contributed by atoms with Crippen molar-refractivity contribution in [1.29, 1.82) is 0 Å². The fourth-order valence-corrected chi connectivity index (χ4v) is 1.73. The van der Waals surface area contributed by atoms with Crippen LogP contribution in [0.15, 0.2) is 60.7 Å². The summed E-state index contributed by atoms with van der Waals surface area (Å²) >= 11 is 0. The molecule has 2 aromatic rings. The van der Waals surface area contributed by atoms with Gasteiger partial charge in [-0.2, -0.15) is 0 Å². The van der Waals surface area contributed by atoms with Gasteiger partial charge in [0.05, 0.1) is 11.4 Å². The fourth-order valence-electron chi connectivity index (χ4n) is 1.73. The summed E-state index contributed by atoms with van der Waals surface area (Å²) in [4.78, 5) is 13.4. The highest BCUT2D eigenvalue weighted by Gasteiger charge is 2.27. The van der Waals surface area contributed by atoms with E-state index < -0.39 is 12.1 Å². The van der Waals surface area contributed by atoms with Crippen LogP contribution in [-0.4, -0.2) is 22.3 Å². The average molecular weight is 273 g/mol. The molecule has 2 N–H and O–H groups in total. The molecule has 0 saturated heterocycles. The zero-order valence-corrected chi connectivity index (χ0v) is 10.9. The van der Waals surface area contributed by atoms with Crippen LogP contribution in [0.25, 0.3) is 0 Å². The fraction of sp³-hybridized carbons (Fsp3) is 0.133. The number of amides is 1. The van der Waals surface area contributed by atoms with Crippen LogP contribution in [0, 0.1) is 0 Å². The molecule has 104 valence electrons. The molecule has 0 aliphatic carbocycles. The van der Waals surface area contributed by atoms with Crippen molar-refractivity contribution in [1.82, 2.24) is 0 Å². The number of aliphatic hydroxyl groups is 2. The van der Waals surface area contributed by atoms with Crippen molar-refractivity contribution in [3.8, 4) is 0 Å². The van der Waals surface area contributed by atoms with Gasteiger partial charge < -0.3 is 14.9 Å². The summed E-state index contributed by atoms with van der Waals surface area (Å²) in [6.07, 6.45) is -0.880. The summed E-state index contributed by atoms with van der Waals surface area (Å²) in [5.74, 6) is -2.53. The maximum atomic E-state index is 12.1. The first kappa shape index (κ1) is 14.0. The molecule has 0 aromatic heterocycles. The van der Waals surface area contributed by atoms with Crippen molar-refractivity contribution in [2.24, 2.45) is 0 Å². The predicted molar refractivity (Wildman–Crippen MR) is 74.3 cm³/mol. The molecule has 0 spiro atoms. The first-order chi connectivity index (χ1) is 9.47. The number of anilines is 2. The predicted octanol–water partition coefficient (Wildman–Crippen LogP) is 2.62. The number of para-hydroxylation sites is 2. The molecule has 2 aromatic carbocycles. The zero-order valence-electron chi connectivity index (χ0n) is 10.9. The lowest BCUT2D eigenvalue weighted by atomic mass is 10.2. The van der Waals surface area contributed by atoms with Crippen molar-refractivity contribution in [2.45, 2.75) is 12.9 Å². The molecule has 0 fully saturated rings. The average Bonchev–Trinajstić information content (AvgIpc) is 2.39. The van der Waals surface area contributed by atoms with Crippen LogP contribution in [-0.2, 0) is 4.74 Å². The Morgan fingerprint density at radius 1 is 0.950 bits per heavy atom. The molecule has 2 rings (SSSR count). The second kappa shape index (κ2) is 5.73. The summed E-state index contributed by atoms with van der Waals surface area (Å²) in [5, 5.41) is 18.4. The van der Waals surface area contributed by atoms with Crippen molar-refractivity contribution in [3.63, 3.8) is 0 Å². The number of carbonyl (C=O) groups is 1. The quantitative estimate of drug-likeness (QED) is 0.843. The highest BCUT2D eigenvalue weighted by molar-refractivity contribution is 5.96. The number of rotatable bonds is 3. The first-order valence-corrected chi connectivity index (χ1v) is 6.05. The Morgan fingerprint density at radius 3 is 1.70 bits per heavy atom. The van der Waals surface area contributed by atoms with E-state index in [0.717, 1.165) is 6.92 Å². The van der Waals surface area contributed by atoms with E-state index in [1.165, 1.54) is 4.90 Å². The largest absolute Gasteiger partial charge is 0.423 e. The van der Waals surface area contributed by atoms with Crippen LogP contribution in [0.2, 0.25) is 0 Å². The summed E-state index contributed by atoms with van der Waals surface area (Å²) in [7, 11) is 0. The molecule has 0 radical (unpaired) electrons. The Kier molecular flexibility index (Phi) is 4.02. The van der Waals surface area contributed by atoms with Gasteiger partial charge in [-0.05, 0) is 24.3 Å². The van der Waals surface area contributed by atoms with Crippen LogP contribution in [0.3, 0.4) is 0 Å². The minimum atomic E-state index is -2.53. The second-order valence-electron chi connectivity index (χ2n) is 4.31. The molecule has 0 aliphatic rings. The first-order valence-electron chi connectivity index (χ1n) is 6.05. The van der Waals surface area contributed by atoms with Gasteiger partial charge in [-0.25, -0.2) is 9.69 Å². The summed E-state index contributed by atoms with van der Waals surface area (Å²) in [6.45, 7) is 0.971. The van der Waals surface area contributed by atoms with Crippen molar-refractivity contribution in [3.05, 3.63) is 60.7 Å². The van der Waals surface area contributed by atoms with Gasteiger partial charge in [0.25, 0.3) is 0 Å². The minimum Gasteiger partial charge on any atom is -0.391 e. The summed E-state index contributed by atoms with van der Waals surface area (Å²) in [6, 6.07) is 17.6. The number of hydrogen-bond acceptors (Lipinski definition) is 4. The number of hydrogen-bond donors (Lipinski definition) is 2. The van der Waals surface area contributed by atoms with E-state index in [1.54, 1.807) is 48.5 Å². The lowest BCUT2D eigenvalue weighted by Gasteiger charge is -2.25. The van der Waals surface area contributed by atoms with Crippen LogP contribution < -0.4 is 4.90 Å². The molecule has 0 aliphatic heterocycles. The lowest BCUT2D eigenvalue weighted by molar-refractivity contribution is -0.292. The molecule has 0 unspecified atom stereocenters. The molecule has 0 atom stereocenters. The maximum absolute atomic E-state index is 12.1. The SMILES string of the molecule is CC(O)(O)OC(=O)N(c1ccccc1)c1ccccc1. The Hall–Kier alpha value is -2.37. The van der Waals surface area contributed by atoms with Crippen molar-refractivity contribution >= 4 is 17.5 Å². The van der Waals surface area contributed by atoms with E-state index in [9.17, 15) is 15.0 Å². The Bertz CT molecular complexity index is 524. The smallest absolute Gasteiger partial charge is 0.391 e. The van der Waals surface area contributed by atoms with Gasteiger partial charge >= 0.3 is 12.1 Å². The Morgan fingerprint density at radius 2 is 1.35 bits per heavy atom. The van der Waals surface area contributed by atoms with E-state index in [4.69, 9.17) is 0 Å². The highest BCUT2D eigenvalue weighted by atomic mass is 16.8. The number of carbonyl (C=O) groups excluding carboxylic acids is 1. The van der Waals surface area contributed by atoms with Gasteiger partial charge in [-0.15, -0.1) is 0 Å². The third-order valence-corrected chi connectivity index (χ3v) is 2.49. The lowest BCUT2D eigenvalue weighted by Crippen LogP contribution is -2.37. The molecule has 20 heavy (non-hydrogen) atoms. The summed E-state index contributed by atoms with van der Waals surface area (Å²) in [5.41, 5.74) is 1.13. The topological polar surface area (TPSA) is 70.0 Å². The maximum Gasteiger partial charge on any atom is 0.423 e. The van der Waals surface area contributed by atoms with Gasteiger partial charge in [0.15, 0.2) is 0 Å². The molecule has 0 heterocycles. The van der Waals surface area contributed by atoms with Crippen LogP contribution in [0.4, 0.5) is 16.2 Å². The van der Waals surface area contributed by atoms with Gasteiger partial charge in [0.2, 0.25) is 0 Å². The number of ether oxygens (including phenoxy) is 1. The zero-order chi connectivity index (χ0) is 14.6. The third kappa shape index (κ3) is 3.57. The van der Waals surface area contributed by atoms with E-state index in [2.05, 4.69) is 4.74 Å². The second-order valence-corrected chi connectivity index (χ2v) is 4.31. The van der Waals surface area contributed by atoms with Gasteiger partial charge in [0.1, 0.15) is 0 Å². The minimum absolute atomic E-state index is 0.563. The monoisotopic (exact) mass is 273 g/mol. The van der Waals surface area contributed by atoms with Gasteiger partial charge in [-0.1, -0.05) is 36.4 Å². The van der Waals surface area contributed by atoms with E-state index in [1.807, 2.05) is 12.1 Å². The van der Waals surface area contributed by atoms with Crippen molar-refractivity contribution < 1.29 is 19.7 Å². The molecule has 1 amide bonds. The van der Waals surface area contributed by atoms with Crippen molar-refractivity contribution in [2.75, 3.05) is 4.90 Å². The third-order valence-electron chi connectivity index (χ3n) is 2.49. The molecule has 0 bridgehead atoms. The molecule has 0 saturated carbocycles. The van der Waals surface area contributed by atoms with Gasteiger partial charge in [-0.3, -0.25) is 0 Å². The van der Waals surface area contributed by atoms with E-state index in [0.29, 0.717) is 11.4 Å². The van der Waals surface area contributed by atoms with E-state index in [-0.39, 0.29) is 0 Å². The molecule has 5 heteroatoms. The normalized spacial score (nSPS) is 10.9. The van der Waals surface area contributed by atoms with Gasteiger partial charge in [0, 0.05) is 6.92 Å². The molecular weight excluding hydrogens is 258 g/mol. The molecule has 5 nitrogen and oxygen atoms in total. The highest BCUT2D eigenvalue weighted by Crippen LogP contribution is 2.26. The van der Waals surface area contributed by atoms with Crippen LogP contribution in [0.1, 0.15) is 6.92 Å². The Labute approximate surface area is 116 Å². The van der Waals surface area contributed by atoms with E-state index >= 15 is 0 Å². The standard InChI is InChI=1S/C15H15NO4/c1-15(18,19)20-14(17)16(12-8-4-2-5-9-12)13-10-6-3-7-11-13/h2-11,18-19H,1H3. The van der Waals surface area contributed by atoms with Crippen LogP contribution in [0.5, 0.6) is 0 Å². The number of nitrogens with zero attached hydrogens (tertiary/aromatic N) is 1. The Balaban J connectivity index is 2.38. The summed E-state index contributed by atoms with van der Waals surface area (Å²) < 4.78 is 4.61.